The third-order valence-electron chi connectivity index (χ3n) is 3.97. The van der Waals surface area contributed by atoms with Crippen molar-refractivity contribution in [3.63, 3.8) is 0 Å². The number of hydrogen-bond acceptors (Lipinski definition) is 6. The molecule has 0 aliphatic carbocycles. The summed E-state index contributed by atoms with van der Waals surface area (Å²) in [6.07, 6.45) is 0.535. The third-order valence-corrected chi connectivity index (χ3v) is 3.97. The summed E-state index contributed by atoms with van der Waals surface area (Å²) < 4.78 is 21.1. The fourth-order valence-electron chi connectivity index (χ4n) is 2.60. The molecule has 0 heterocycles. The Morgan fingerprint density at radius 2 is 1.56 bits per heavy atom. The van der Waals surface area contributed by atoms with Crippen molar-refractivity contribution in [1.29, 1.82) is 0 Å². The van der Waals surface area contributed by atoms with Crippen LogP contribution in [0.25, 0.3) is 0 Å². The van der Waals surface area contributed by atoms with E-state index < -0.39 is 0 Å². The van der Waals surface area contributed by atoms with Crippen LogP contribution in [-0.4, -0.2) is 40.9 Å². The number of rotatable bonds is 8. The second-order valence-corrected chi connectivity index (χ2v) is 5.47. The van der Waals surface area contributed by atoms with Gasteiger partial charge in [0, 0.05) is 29.8 Å². The summed E-state index contributed by atoms with van der Waals surface area (Å²) in [6, 6.07) is 8.48. The number of anilines is 1. The SMILES string of the molecule is COc1cc(OC)c(CCNC(=O)c2ccc(OC)c(N)c2)c(OC)c1.[H-].[Na+]. The van der Waals surface area contributed by atoms with E-state index in [-0.39, 0.29) is 36.9 Å². The first-order valence-corrected chi connectivity index (χ1v) is 8.04. The number of nitrogens with two attached hydrogens (primary N) is 1. The standard InChI is InChI=1S/C19H24N2O5.Na.H/c1-23-13-10-17(25-3)14(18(11-13)26-4)7-8-21-19(22)12-5-6-16(24-2)15(20)9-12;;/h5-6,9-11H,7-8,20H2,1-4H3,(H,21,22);;/q;+1;-1. The van der Waals surface area contributed by atoms with Crippen LogP contribution in [0.1, 0.15) is 17.3 Å². The molecule has 8 heteroatoms. The van der Waals surface area contributed by atoms with Gasteiger partial charge in [-0.2, -0.15) is 0 Å². The van der Waals surface area contributed by atoms with Gasteiger partial charge in [0.05, 0.1) is 34.1 Å². The van der Waals surface area contributed by atoms with E-state index in [0.29, 0.717) is 47.2 Å². The Balaban J connectivity index is 0.00000364. The molecule has 0 unspecified atom stereocenters. The molecule has 3 N–H and O–H groups in total. The normalized spacial score (nSPS) is 9.78. The molecule has 2 rings (SSSR count). The number of nitrogen functional groups attached to an aromatic ring is 1. The number of amides is 1. The average molecular weight is 384 g/mol. The molecule has 7 nitrogen and oxygen atoms in total. The number of ether oxygens (including phenoxy) is 4. The maximum absolute atomic E-state index is 12.3. The molecule has 0 saturated heterocycles. The molecule has 0 aliphatic rings. The van der Waals surface area contributed by atoms with E-state index in [1.165, 1.54) is 7.11 Å². The van der Waals surface area contributed by atoms with Gasteiger partial charge < -0.3 is 31.4 Å². The van der Waals surface area contributed by atoms with Crippen LogP contribution in [0, 0.1) is 0 Å². The van der Waals surface area contributed by atoms with Gasteiger partial charge in [-0.15, -0.1) is 0 Å². The molecule has 0 fully saturated rings. The number of methoxy groups -OCH3 is 4. The summed E-state index contributed by atoms with van der Waals surface area (Å²) >= 11 is 0. The summed E-state index contributed by atoms with van der Waals surface area (Å²) in [7, 11) is 6.27. The number of carbonyl (C=O) groups is 1. The first-order chi connectivity index (χ1) is 12.5. The van der Waals surface area contributed by atoms with E-state index in [1.807, 2.05) is 0 Å². The minimum atomic E-state index is -0.217. The molecule has 0 radical (unpaired) electrons. The number of carbonyl (C=O) groups excluding carboxylic acids is 1. The van der Waals surface area contributed by atoms with E-state index in [2.05, 4.69) is 5.32 Å². The predicted octanol–water partition coefficient (Wildman–Crippen LogP) is -0.608. The van der Waals surface area contributed by atoms with E-state index >= 15 is 0 Å². The van der Waals surface area contributed by atoms with E-state index in [9.17, 15) is 4.79 Å². The largest absolute Gasteiger partial charge is 1.00 e. The van der Waals surface area contributed by atoms with Crippen molar-refractivity contribution in [3.05, 3.63) is 41.5 Å². The molecule has 27 heavy (non-hydrogen) atoms. The topological polar surface area (TPSA) is 92.0 Å². The second kappa shape index (κ2) is 10.9. The Hall–Kier alpha value is -2.09. The summed E-state index contributed by atoms with van der Waals surface area (Å²) in [5, 5.41) is 2.87. The molecule has 2 aromatic carbocycles. The van der Waals surface area contributed by atoms with Crippen molar-refractivity contribution in [2.24, 2.45) is 0 Å². The zero-order valence-electron chi connectivity index (χ0n) is 17.4. The second-order valence-electron chi connectivity index (χ2n) is 5.47. The molecule has 142 valence electrons. The van der Waals surface area contributed by atoms with Crippen LogP contribution in [0.15, 0.2) is 30.3 Å². The van der Waals surface area contributed by atoms with Gasteiger partial charge in [0.2, 0.25) is 0 Å². The molecule has 2 aromatic rings. The zero-order chi connectivity index (χ0) is 19.1. The quantitative estimate of drug-likeness (QED) is 0.466. The number of hydrogen-bond donors (Lipinski definition) is 2. The van der Waals surface area contributed by atoms with E-state index in [1.54, 1.807) is 51.7 Å². The van der Waals surface area contributed by atoms with Crippen LogP contribution in [0.5, 0.6) is 23.0 Å². The average Bonchev–Trinajstić information content (AvgIpc) is 2.67. The van der Waals surface area contributed by atoms with Gasteiger partial charge >= 0.3 is 29.6 Å². The molecule has 0 saturated carbocycles. The molecule has 0 spiro atoms. The van der Waals surface area contributed by atoms with Crippen molar-refractivity contribution < 1.29 is 54.7 Å². The Bertz CT molecular complexity index is 764. The third kappa shape index (κ3) is 5.69. The zero-order valence-corrected chi connectivity index (χ0v) is 18.4. The maximum Gasteiger partial charge on any atom is 1.00 e. The minimum Gasteiger partial charge on any atom is -1.00 e. The minimum absolute atomic E-state index is 0. The van der Waals surface area contributed by atoms with Gasteiger partial charge in [-0.05, 0) is 24.6 Å². The Morgan fingerprint density at radius 1 is 0.963 bits per heavy atom. The molecule has 0 bridgehead atoms. The molecule has 1 amide bonds. The molecule has 0 aliphatic heterocycles. The fraction of sp³-hybridized carbons (Fsp3) is 0.316. The molecular weight excluding hydrogens is 359 g/mol. The number of nitrogens with one attached hydrogen (secondary N) is 1. The summed E-state index contributed by atoms with van der Waals surface area (Å²) in [6.45, 7) is 0.407. The van der Waals surface area contributed by atoms with Gasteiger partial charge in [0.15, 0.2) is 0 Å². The Morgan fingerprint density at radius 3 is 2.04 bits per heavy atom. The van der Waals surface area contributed by atoms with E-state index in [4.69, 9.17) is 24.7 Å². The van der Waals surface area contributed by atoms with Crippen molar-refractivity contribution in [1.82, 2.24) is 5.32 Å². The molecule has 0 aromatic heterocycles. The van der Waals surface area contributed by atoms with Gasteiger partial charge in [-0.3, -0.25) is 4.79 Å². The van der Waals surface area contributed by atoms with Crippen LogP contribution in [0.3, 0.4) is 0 Å². The summed E-state index contributed by atoms with van der Waals surface area (Å²) in [5.41, 5.74) is 7.58. The van der Waals surface area contributed by atoms with Gasteiger partial charge in [0.25, 0.3) is 5.91 Å². The fourth-order valence-corrected chi connectivity index (χ4v) is 2.60. The first kappa shape index (κ1) is 23.0. The van der Waals surface area contributed by atoms with E-state index in [0.717, 1.165) is 5.56 Å². The summed E-state index contributed by atoms with van der Waals surface area (Å²) in [5.74, 6) is 2.24. The van der Waals surface area contributed by atoms with Crippen LogP contribution in [0.2, 0.25) is 0 Å². The predicted molar refractivity (Wildman–Crippen MR) is 101 cm³/mol. The van der Waals surface area contributed by atoms with Gasteiger partial charge in [-0.1, -0.05) is 0 Å². The first-order valence-electron chi connectivity index (χ1n) is 8.04. The monoisotopic (exact) mass is 384 g/mol. The van der Waals surface area contributed by atoms with Crippen molar-refractivity contribution in [2.45, 2.75) is 6.42 Å². The smallest absolute Gasteiger partial charge is 1.00 e. The van der Waals surface area contributed by atoms with Crippen LogP contribution < -0.4 is 59.6 Å². The Labute approximate surface area is 182 Å². The van der Waals surface area contributed by atoms with Crippen LogP contribution in [-0.2, 0) is 6.42 Å². The van der Waals surface area contributed by atoms with Crippen molar-refractivity contribution >= 4 is 11.6 Å². The van der Waals surface area contributed by atoms with Gasteiger partial charge in [-0.25, -0.2) is 0 Å². The molecule has 0 atom stereocenters. The van der Waals surface area contributed by atoms with Gasteiger partial charge in [0.1, 0.15) is 23.0 Å². The maximum atomic E-state index is 12.3. The van der Waals surface area contributed by atoms with Crippen molar-refractivity contribution in [2.75, 3.05) is 40.7 Å². The molecular formula is C19H25N2NaO5. The van der Waals surface area contributed by atoms with Crippen molar-refractivity contribution in [3.8, 4) is 23.0 Å². The van der Waals surface area contributed by atoms with Crippen LogP contribution >= 0.6 is 0 Å². The number of benzene rings is 2. The van der Waals surface area contributed by atoms with Crippen LogP contribution in [0.4, 0.5) is 5.69 Å². The Kier molecular flexibility index (Phi) is 9.28. The summed E-state index contributed by atoms with van der Waals surface area (Å²) in [4.78, 5) is 12.3.